The Morgan fingerprint density at radius 3 is 2.39 bits per heavy atom. The third kappa shape index (κ3) is 4.80. The van der Waals surface area contributed by atoms with Crippen LogP contribution in [0, 0.1) is 24.7 Å². The minimum atomic E-state index is -0.182. The summed E-state index contributed by atoms with van der Waals surface area (Å²) in [5, 5.41) is 5.61. The van der Waals surface area contributed by atoms with Crippen molar-refractivity contribution in [3.63, 3.8) is 0 Å². The average Bonchev–Trinajstić information content (AvgIpc) is 3.38. The summed E-state index contributed by atoms with van der Waals surface area (Å²) in [5.74, 6) is 1.89. The molecule has 4 nitrogen and oxygen atoms in total. The number of anilines is 1. The zero-order valence-corrected chi connectivity index (χ0v) is 15.0. The minimum Gasteiger partial charge on any atom is -0.347 e. The van der Waals surface area contributed by atoms with Gasteiger partial charge in [-0.2, -0.15) is 0 Å². The molecule has 0 atom stereocenters. The molecule has 0 aromatic heterocycles. The lowest BCUT2D eigenvalue weighted by atomic mass is 9.94. The number of amides is 2. The zero-order chi connectivity index (χ0) is 16.4. The van der Waals surface area contributed by atoms with E-state index in [1.165, 1.54) is 25.7 Å². The first-order valence-electron chi connectivity index (χ1n) is 8.35. The number of rotatable bonds is 7. The number of carbonyl (C=O) groups excluding carboxylic acids is 2. The maximum absolute atomic E-state index is 12.1. The van der Waals surface area contributed by atoms with E-state index in [9.17, 15) is 9.59 Å². The number of benzene rings is 1. The summed E-state index contributed by atoms with van der Waals surface area (Å²) in [6, 6.07) is 5.69. The molecule has 2 N–H and O–H groups in total. The van der Waals surface area contributed by atoms with Crippen molar-refractivity contribution in [3.8, 4) is 0 Å². The maximum atomic E-state index is 12.1. The first kappa shape index (κ1) is 16.5. The van der Waals surface area contributed by atoms with Crippen molar-refractivity contribution in [2.75, 3.05) is 11.9 Å². The zero-order valence-electron chi connectivity index (χ0n) is 13.4. The lowest BCUT2D eigenvalue weighted by Crippen LogP contribution is -2.34. The Morgan fingerprint density at radius 1 is 1.17 bits per heavy atom. The number of aryl methyl sites for hydroxylation is 1. The Bertz CT molecular complexity index is 597. The topological polar surface area (TPSA) is 58.2 Å². The van der Waals surface area contributed by atoms with E-state index in [0.717, 1.165) is 27.6 Å². The SMILES string of the molecule is Cc1cc(Br)ccc1NC(=O)CNC(=O)CC(C1CC1)C1CC1. The molecule has 0 aliphatic heterocycles. The number of halogens is 1. The summed E-state index contributed by atoms with van der Waals surface area (Å²) in [6.45, 7) is 1.98. The monoisotopic (exact) mass is 378 g/mol. The predicted molar refractivity (Wildman–Crippen MR) is 94.1 cm³/mol. The first-order chi connectivity index (χ1) is 11.0. The van der Waals surface area contributed by atoms with E-state index in [2.05, 4.69) is 26.6 Å². The van der Waals surface area contributed by atoms with Crippen molar-refractivity contribution < 1.29 is 9.59 Å². The highest BCUT2D eigenvalue weighted by Crippen LogP contribution is 2.50. The summed E-state index contributed by atoms with van der Waals surface area (Å²) >= 11 is 3.40. The molecule has 2 aliphatic carbocycles. The third-order valence-corrected chi connectivity index (χ3v) is 5.28. The molecule has 124 valence electrons. The fourth-order valence-corrected chi connectivity index (χ4v) is 3.67. The van der Waals surface area contributed by atoms with Gasteiger partial charge in [0.05, 0.1) is 6.54 Å². The normalized spacial score (nSPS) is 17.2. The van der Waals surface area contributed by atoms with Gasteiger partial charge in [-0.25, -0.2) is 0 Å². The predicted octanol–water partition coefficient (Wildman–Crippen LogP) is 3.64. The van der Waals surface area contributed by atoms with Gasteiger partial charge in [0.25, 0.3) is 0 Å². The molecule has 2 amide bonds. The van der Waals surface area contributed by atoms with Crippen LogP contribution in [0.4, 0.5) is 5.69 Å². The van der Waals surface area contributed by atoms with Crippen LogP contribution >= 0.6 is 15.9 Å². The first-order valence-corrected chi connectivity index (χ1v) is 9.15. The summed E-state index contributed by atoms with van der Waals surface area (Å²) in [7, 11) is 0. The van der Waals surface area contributed by atoms with Gasteiger partial charge in [0, 0.05) is 16.6 Å². The summed E-state index contributed by atoms with van der Waals surface area (Å²) in [6.07, 6.45) is 5.69. The van der Waals surface area contributed by atoms with Gasteiger partial charge in [-0.3, -0.25) is 9.59 Å². The molecule has 1 aromatic carbocycles. The molecule has 2 saturated carbocycles. The molecule has 0 saturated heterocycles. The smallest absolute Gasteiger partial charge is 0.243 e. The van der Waals surface area contributed by atoms with Crippen LogP contribution in [0.15, 0.2) is 22.7 Å². The lowest BCUT2D eigenvalue weighted by Gasteiger charge is -2.15. The van der Waals surface area contributed by atoms with Gasteiger partial charge >= 0.3 is 0 Å². The highest BCUT2D eigenvalue weighted by atomic mass is 79.9. The van der Waals surface area contributed by atoms with Crippen LogP contribution in [0.1, 0.15) is 37.7 Å². The van der Waals surface area contributed by atoms with Crippen LogP contribution in [-0.4, -0.2) is 18.4 Å². The largest absolute Gasteiger partial charge is 0.347 e. The summed E-state index contributed by atoms with van der Waals surface area (Å²) in [5.41, 5.74) is 1.77. The fourth-order valence-electron chi connectivity index (χ4n) is 3.19. The van der Waals surface area contributed by atoms with Crippen LogP contribution in [0.25, 0.3) is 0 Å². The highest BCUT2D eigenvalue weighted by molar-refractivity contribution is 9.10. The lowest BCUT2D eigenvalue weighted by molar-refractivity contribution is -0.125. The van der Waals surface area contributed by atoms with E-state index >= 15 is 0 Å². The second-order valence-electron chi connectivity index (χ2n) is 6.83. The molecule has 0 spiro atoms. The molecule has 0 heterocycles. The Balaban J connectivity index is 1.43. The van der Waals surface area contributed by atoms with Crippen LogP contribution in [0.3, 0.4) is 0 Å². The third-order valence-electron chi connectivity index (χ3n) is 4.78. The quantitative estimate of drug-likeness (QED) is 0.760. The second kappa shape index (κ2) is 7.04. The van der Waals surface area contributed by atoms with Crippen molar-refractivity contribution in [3.05, 3.63) is 28.2 Å². The number of carbonyl (C=O) groups is 2. The Hall–Kier alpha value is -1.36. The van der Waals surface area contributed by atoms with Crippen LogP contribution in [-0.2, 0) is 9.59 Å². The standard InChI is InChI=1S/C18H23BrN2O2/c1-11-8-14(19)6-7-16(11)21-18(23)10-20-17(22)9-15(12-2-3-12)13-4-5-13/h6-8,12-13,15H,2-5,9-10H2,1H3,(H,20,22)(H,21,23). The van der Waals surface area contributed by atoms with E-state index in [-0.39, 0.29) is 18.4 Å². The van der Waals surface area contributed by atoms with E-state index in [1.54, 1.807) is 0 Å². The van der Waals surface area contributed by atoms with Gasteiger partial charge in [0.1, 0.15) is 0 Å². The van der Waals surface area contributed by atoms with Gasteiger partial charge in [-0.15, -0.1) is 0 Å². The Morgan fingerprint density at radius 2 is 1.83 bits per heavy atom. The van der Waals surface area contributed by atoms with Gasteiger partial charge in [-0.1, -0.05) is 15.9 Å². The molecular formula is C18H23BrN2O2. The number of hydrogen-bond donors (Lipinski definition) is 2. The molecule has 1 aromatic rings. The minimum absolute atomic E-state index is 0.0106. The van der Waals surface area contributed by atoms with Gasteiger partial charge < -0.3 is 10.6 Å². The Labute approximate surface area is 145 Å². The maximum Gasteiger partial charge on any atom is 0.243 e. The molecule has 23 heavy (non-hydrogen) atoms. The molecule has 0 unspecified atom stereocenters. The van der Waals surface area contributed by atoms with E-state index < -0.39 is 0 Å². The average molecular weight is 379 g/mol. The molecule has 5 heteroatoms. The van der Waals surface area contributed by atoms with Gasteiger partial charge in [-0.05, 0) is 74.1 Å². The molecule has 3 rings (SSSR count). The van der Waals surface area contributed by atoms with Crippen molar-refractivity contribution >= 4 is 33.4 Å². The number of hydrogen-bond acceptors (Lipinski definition) is 2. The molecule has 2 aliphatic rings. The van der Waals surface area contributed by atoms with Crippen molar-refractivity contribution in [2.24, 2.45) is 17.8 Å². The molecule has 0 radical (unpaired) electrons. The number of nitrogens with one attached hydrogen (secondary N) is 2. The van der Waals surface area contributed by atoms with Gasteiger partial charge in [0.15, 0.2) is 0 Å². The van der Waals surface area contributed by atoms with Crippen molar-refractivity contribution in [1.29, 1.82) is 0 Å². The van der Waals surface area contributed by atoms with Crippen LogP contribution in [0.5, 0.6) is 0 Å². The Kier molecular flexibility index (Phi) is 5.05. The fraction of sp³-hybridized carbons (Fsp3) is 0.556. The van der Waals surface area contributed by atoms with E-state index in [1.807, 2.05) is 25.1 Å². The van der Waals surface area contributed by atoms with Crippen molar-refractivity contribution in [2.45, 2.75) is 39.0 Å². The molecular weight excluding hydrogens is 356 g/mol. The molecule has 2 fully saturated rings. The van der Waals surface area contributed by atoms with Crippen LogP contribution in [0.2, 0.25) is 0 Å². The summed E-state index contributed by atoms with van der Waals surface area (Å²) in [4.78, 5) is 24.1. The second-order valence-corrected chi connectivity index (χ2v) is 7.74. The van der Waals surface area contributed by atoms with Gasteiger partial charge in [0.2, 0.25) is 11.8 Å². The van der Waals surface area contributed by atoms with E-state index in [4.69, 9.17) is 0 Å². The highest BCUT2D eigenvalue weighted by Gasteiger charge is 2.42. The summed E-state index contributed by atoms with van der Waals surface area (Å²) < 4.78 is 0.979. The van der Waals surface area contributed by atoms with Crippen LogP contribution < -0.4 is 10.6 Å². The van der Waals surface area contributed by atoms with Crippen molar-refractivity contribution in [1.82, 2.24) is 5.32 Å². The van der Waals surface area contributed by atoms with E-state index in [0.29, 0.717) is 12.3 Å². The molecule has 0 bridgehead atoms.